The van der Waals surface area contributed by atoms with Crippen LogP contribution in [0.5, 0.6) is 11.5 Å². The molecule has 2 aromatic carbocycles. The van der Waals surface area contributed by atoms with Gasteiger partial charge < -0.3 is 20.1 Å². The number of hydrogen-bond donors (Lipinski definition) is 2. The maximum Gasteiger partial charge on any atom is 0.586 e. The number of carbonyl (C=O) groups is 2. The summed E-state index contributed by atoms with van der Waals surface area (Å²) in [5, 5.41) is 5.57. The van der Waals surface area contributed by atoms with Crippen LogP contribution in [0, 0.1) is 6.92 Å². The van der Waals surface area contributed by atoms with Crippen molar-refractivity contribution in [2.75, 3.05) is 49.9 Å². The number of rotatable bonds is 6. The van der Waals surface area contributed by atoms with Gasteiger partial charge >= 0.3 is 6.29 Å². The zero-order valence-electron chi connectivity index (χ0n) is 17.6. The van der Waals surface area contributed by atoms with Crippen molar-refractivity contribution < 1.29 is 27.8 Å². The molecule has 0 unspecified atom stereocenters. The molecule has 0 saturated carbocycles. The molecule has 2 aliphatic rings. The molecule has 2 amide bonds. The van der Waals surface area contributed by atoms with Crippen LogP contribution in [0.1, 0.15) is 5.56 Å². The Morgan fingerprint density at radius 2 is 1.34 bits per heavy atom. The SMILES string of the molecule is Cc1ccc(NC(=O)CN2CCN(CC(=O)Nc3ccc4c(c3)OC(F)(F)O4)CC2)cc1. The number of amides is 2. The van der Waals surface area contributed by atoms with E-state index in [-0.39, 0.29) is 36.4 Å². The minimum absolute atomic E-state index is 0.0736. The molecule has 0 bridgehead atoms. The number of halogens is 2. The summed E-state index contributed by atoms with van der Waals surface area (Å²) in [6.07, 6.45) is -3.69. The summed E-state index contributed by atoms with van der Waals surface area (Å²) >= 11 is 0. The largest absolute Gasteiger partial charge is 0.586 e. The van der Waals surface area contributed by atoms with Gasteiger partial charge in [-0.15, -0.1) is 8.78 Å². The van der Waals surface area contributed by atoms with Gasteiger partial charge in [0.25, 0.3) is 0 Å². The van der Waals surface area contributed by atoms with Crippen LogP contribution < -0.4 is 20.1 Å². The Kier molecular flexibility index (Phi) is 6.24. The zero-order chi connectivity index (χ0) is 22.7. The molecule has 170 valence electrons. The second-order valence-corrected chi connectivity index (χ2v) is 7.84. The van der Waals surface area contributed by atoms with Crippen LogP contribution in [0.4, 0.5) is 20.2 Å². The number of nitrogens with zero attached hydrogens (tertiary/aromatic N) is 2. The van der Waals surface area contributed by atoms with E-state index in [0.717, 1.165) is 11.3 Å². The van der Waals surface area contributed by atoms with Crippen molar-refractivity contribution in [1.29, 1.82) is 0 Å². The molecule has 1 fully saturated rings. The van der Waals surface area contributed by atoms with Crippen molar-refractivity contribution in [1.82, 2.24) is 9.80 Å². The fourth-order valence-corrected chi connectivity index (χ4v) is 3.58. The molecule has 0 radical (unpaired) electrons. The Morgan fingerprint density at radius 3 is 1.94 bits per heavy atom. The van der Waals surface area contributed by atoms with Gasteiger partial charge in [0.15, 0.2) is 11.5 Å². The third-order valence-corrected chi connectivity index (χ3v) is 5.22. The topological polar surface area (TPSA) is 83.1 Å². The summed E-state index contributed by atoms with van der Waals surface area (Å²) in [6, 6.07) is 11.7. The predicted molar refractivity (Wildman–Crippen MR) is 114 cm³/mol. The van der Waals surface area contributed by atoms with Crippen LogP contribution >= 0.6 is 0 Å². The molecule has 10 heteroatoms. The van der Waals surface area contributed by atoms with Gasteiger partial charge in [0, 0.05) is 43.6 Å². The van der Waals surface area contributed by atoms with Gasteiger partial charge in [-0.3, -0.25) is 19.4 Å². The highest BCUT2D eigenvalue weighted by Crippen LogP contribution is 2.42. The first-order chi connectivity index (χ1) is 15.3. The lowest BCUT2D eigenvalue weighted by Gasteiger charge is -2.33. The Bertz CT molecular complexity index is 992. The minimum Gasteiger partial charge on any atom is -0.395 e. The van der Waals surface area contributed by atoms with Crippen molar-refractivity contribution in [3.63, 3.8) is 0 Å². The summed E-state index contributed by atoms with van der Waals surface area (Å²) in [6.45, 7) is 5.03. The van der Waals surface area contributed by atoms with E-state index in [9.17, 15) is 18.4 Å². The summed E-state index contributed by atoms with van der Waals surface area (Å²) in [5.74, 6) is -0.532. The Balaban J connectivity index is 1.19. The van der Waals surface area contributed by atoms with E-state index in [1.165, 1.54) is 18.2 Å². The molecular formula is C22H24F2N4O4. The molecule has 0 aliphatic carbocycles. The van der Waals surface area contributed by atoms with Crippen LogP contribution in [0.2, 0.25) is 0 Å². The molecule has 2 heterocycles. The van der Waals surface area contributed by atoms with Crippen LogP contribution in [-0.2, 0) is 9.59 Å². The normalized spacial score (nSPS) is 17.7. The third-order valence-electron chi connectivity index (χ3n) is 5.22. The molecule has 1 saturated heterocycles. The highest BCUT2D eigenvalue weighted by Gasteiger charge is 2.43. The highest BCUT2D eigenvalue weighted by atomic mass is 19.3. The Morgan fingerprint density at radius 1 is 0.844 bits per heavy atom. The minimum atomic E-state index is -3.69. The van der Waals surface area contributed by atoms with Crippen LogP contribution in [0.15, 0.2) is 42.5 Å². The van der Waals surface area contributed by atoms with Gasteiger partial charge in [-0.05, 0) is 31.2 Å². The zero-order valence-corrected chi connectivity index (χ0v) is 17.6. The fourth-order valence-electron chi connectivity index (χ4n) is 3.58. The smallest absolute Gasteiger partial charge is 0.395 e. The van der Waals surface area contributed by atoms with Crippen molar-refractivity contribution in [2.45, 2.75) is 13.2 Å². The van der Waals surface area contributed by atoms with Gasteiger partial charge in [-0.1, -0.05) is 17.7 Å². The summed E-state index contributed by atoms with van der Waals surface area (Å²) < 4.78 is 35.0. The van der Waals surface area contributed by atoms with E-state index in [4.69, 9.17) is 0 Å². The Labute approximate surface area is 184 Å². The van der Waals surface area contributed by atoms with Gasteiger partial charge in [-0.25, -0.2) is 0 Å². The monoisotopic (exact) mass is 446 g/mol. The van der Waals surface area contributed by atoms with Crippen LogP contribution in [0.3, 0.4) is 0 Å². The second-order valence-electron chi connectivity index (χ2n) is 7.84. The highest BCUT2D eigenvalue weighted by molar-refractivity contribution is 5.93. The van der Waals surface area contributed by atoms with Crippen molar-refractivity contribution in [3.05, 3.63) is 48.0 Å². The quantitative estimate of drug-likeness (QED) is 0.710. The molecule has 0 spiro atoms. The molecule has 2 N–H and O–H groups in total. The fraction of sp³-hybridized carbons (Fsp3) is 0.364. The van der Waals surface area contributed by atoms with Gasteiger partial charge in [0.05, 0.1) is 13.1 Å². The maximum absolute atomic E-state index is 13.1. The number of anilines is 2. The first-order valence-corrected chi connectivity index (χ1v) is 10.3. The van der Waals surface area contributed by atoms with Crippen LogP contribution in [0.25, 0.3) is 0 Å². The van der Waals surface area contributed by atoms with Crippen molar-refractivity contribution >= 4 is 23.2 Å². The first-order valence-electron chi connectivity index (χ1n) is 10.3. The third kappa shape index (κ3) is 5.71. The maximum atomic E-state index is 13.1. The number of benzene rings is 2. The molecule has 8 nitrogen and oxygen atoms in total. The average molecular weight is 446 g/mol. The molecule has 2 aliphatic heterocycles. The lowest BCUT2D eigenvalue weighted by molar-refractivity contribution is -0.286. The lowest BCUT2D eigenvalue weighted by Crippen LogP contribution is -2.50. The molecule has 0 atom stereocenters. The molecule has 2 aromatic rings. The van der Waals surface area contributed by atoms with Gasteiger partial charge in [0.1, 0.15) is 0 Å². The first kappa shape index (κ1) is 22.0. The summed E-state index contributed by atoms with van der Waals surface area (Å²) in [5.41, 5.74) is 2.24. The van der Waals surface area contributed by atoms with E-state index >= 15 is 0 Å². The number of piperazine rings is 1. The van der Waals surface area contributed by atoms with Gasteiger partial charge in [-0.2, -0.15) is 0 Å². The summed E-state index contributed by atoms with van der Waals surface area (Å²) in [7, 11) is 0. The summed E-state index contributed by atoms with van der Waals surface area (Å²) in [4.78, 5) is 28.6. The number of nitrogens with one attached hydrogen (secondary N) is 2. The molecule has 4 rings (SSSR count). The van der Waals surface area contributed by atoms with Crippen LogP contribution in [-0.4, -0.2) is 67.2 Å². The van der Waals surface area contributed by atoms with E-state index in [2.05, 4.69) is 20.1 Å². The molecular weight excluding hydrogens is 422 g/mol. The van der Waals surface area contributed by atoms with Crippen molar-refractivity contribution in [3.8, 4) is 11.5 Å². The lowest BCUT2D eigenvalue weighted by atomic mass is 10.2. The molecule has 0 aromatic heterocycles. The average Bonchev–Trinajstić information content (AvgIpc) is 3.04. The van der Waals surface area contributed by atoms with E-state index in [1.54, 1.807) is 0 Å². The number of aryl methyl sites for hydroxylation is 1. The number of alkyl halides is 2. The number of hydrogen-bond acceptors (Lipinski definition) is 6. The molecule has 32 heavy (non-hydrogen) atoms. The van der Waals surface area contributed by atoms with E-state index in [1.807, 2.05) is 41.0 Å². The number of fused-ring (bicyclic) bond motifs is 1. The van der Waals surface area contributed by atoms with E-state index < -0.39 is 6.29 Å². The number of ether oxygens (including phenoxy) is 2. The van der Waals surface area contributed by atoms with Gasteiger partial charge in [0.2, 0.25) is 11.8 Å². The van der Waals surface area contributed by atoms with Crippen molar-refractivity contribution in [2.24, 2.45) is 0 Å². The standard InChI is InChI=1S/C22H24F2N4O4/c1-15-2-4-16(5-3-15)25-20(29)13-27-8-10-28(11-9-27)14-21(30)26-17-6-7-18-19(12-17)32-22(23,24)31-18/h2-7,12H,8-11,13-14H2,1H3,(H,25,29)(H,26,30). The number of carbonyl (C=O) groups excluding carboxylic acids is 2. The second kappa shape index (κ2) is 9.09. The Hall–Kier alpha value is -3.24. The van der Waals surface area contributed by atoms with E-state index in [0.29, 0.717) is 31.9 Å². The predicted octanol–water partition coefficient (Wildman–Crippen LogP) is 2.51.